The minimum absolute atomic E-state index is 0.145. The summed E-state index contributed by atoms with van der Waals surface area (Å²) in [5.74, 6) is 0.396. The Morgan fingerprint density at radius 2 is 2.05 bits per heavy atom. The molecule has 0 saturated heterocycles. The van der Waals surface area contributed by atoms with E-state index in [1.54, 1.807) is 26.0 Å². The highest BCUT2D eigenvalue weighted by Gasteiger charge is 2.22. The number of H-pyrrole nitrogens is 1. The van der Waals surface area contributed by atoms with Crippen molar-refractivity contribution in [3.63, 3.8) is 0 Å². The second-order valence-electron chi connectivity index (χ2n) is 4.22. The van der Waals surface area contributed by atoms with Crippen molar-refractivity contribution in [3.8, 4) is 5.75 Å². The number of halogens is 1. The van der Waals surface area contributed by atoms with Crippen molar-refractivity contribution >= 4 is 27.3 Å². The van der Waals surface area contributed by atoms with Gasteiger partial charge in [-0.2, -0.15) is 5.10 Å². The zero-order valence-electron chi connectivity index (χ0n) is 11.2. The van der Waals surface area contributed by atoms with Crippen LogP contribution in [0.1, 0.15) is 11.4 Å². The maximum Gasteiger partial charge on any atom is 0.265 e. The van der Waals surface area contributed by atoms with Crippen LogP contribution in [-0.2, 0) is 10.0 Å². The molecule has 0 spiro atoms. The molecule has 0 amide bonds. The Morgan fingerprint density at radius 3 is 2.60 bits per heavy atom. The first kappa shape index (κ1) is 14.7. The Morgan fingerprint density at radius 1 is 1.35 bits per heavy atom. The van der Waals surface area contributed by atoms with E-state index in [4.69, 9.17) is 16.3 Å². The highest BCUT2D eigenvalue weighted by molar-refractivity contribution is 7.92. The fraction of sp³-hybridized carbons (Fsp3) is 0.250. The number of hydrogen-bond donors (Lipinski definition) is 2. The molecule has 2 N–H and O–H groups in total. The predicted octanol–water partition coefficient (Wildman–Crippen LogP) is 2.49. The van der Waals surface area contributed by atoms with Gasteiger partial charge in [0.05, 0.1) is 29.2 Å². The first-order chi connectivity index (χ1) is 9.35. The molecule has 20 heavy (non-hydrogen) atoms. The number of sulfonamides is 1. The Labute approximate surface area is 122 Å². The van der Waals surface area contributed by atoms with Crippen molar-refractivity contribution in [2.75, 3.05) is 11.8 Å². The lowest BCUT2D eigenvalue weighted by molar-refractivity contribution is 0.415. The molecule has 1 aromatic heterocycles. The van der Waals surface area contributed by atoms with Gasteiger partial charge in [0.15, 0.2) is 0 Å². The normalized spacial score (nSPS) is 11.4. The summed E-state index contributed by atoms with van der Waals surface area (Å²) in [5.41, 5.74) is 1.26. The standard InChI is InChI=1S/C12H14ClN3O3S/c1-7-12(8(2)15-14-7)20(17,18)16-9-4-5-10(13)11(6-9)19-3/h4-6,16H,1-3H3,(H,14,15). The molecule has 0 aliphatic heterocycles. The molecule has 2 aromatic rings. The highest BCUT2D eigenvalue weighted by atomic mass is 35.5. The first-order valence-corrected chi connectivity index (χ1v) is 7.59. The maximum absolute atomic E-state index is 12.3. The average molecular weight is 316 g/mol. The molecular formula is C12H14ClN3O3S. The average Bonchev–Trinajstić information content (AvgIpc) is 2.71. The third-order valence-corrected chi connectivity index (χ3v) is 4.69. The zero-order chi connectivity index (χ0) is 14.9. The van der Waals surface area contributed by atoms with Gasteiger partial charge in [-0.3, -0.25) is 9.82 Å². The number of hydrogen-bond acceptors (Lipinski definition) is 4. The SMILES string of the molecule is COc1cc(NS(=O)(=O)c2c(C)n[nH]c2C)ccc1Cl. The van der Waals surface area contributed by atoms with Crippen LogP contribution in [0.5, 0.6) is 5.75 Å². The lowest BCUT2D eigenvalue weighted by atomic mass is 10.3. The van der Waals surface area contributed by atoms with E-state index in [0.717, 1.165) is 0 Å². The quantitative estimate of drug-likeness (QED) is 0.908. The first-order valence-electron chi connectivity index (χ1n) is 5.73. The Bertz CT molecular complexity index is 721. The van der Waals surface area contributed by atoms with Crippen molar-refractivity contribution in [1.82, 2.24) is 10.2 Å². The van der Waals surface area contributed by atoms with Crippen LogP contribution in [-0.4, -0.2) is 25.7 Å². The molecule has 0 fully saturated rings. The summed E-state index contributed by atoms with van der Waals surface area (Å²) in [4.78, 5) is 0.145. The minimum atomic E-state index is -3.71. The third kappa shape index (κ3) is 2.73. The van der Waals surface area contributed by atoms with E-state index in [-0.39, 0.29) is 4.90 Å². The second-order valence-corrected chi connectivity index (χ2v) is 6.24. The van der Waals surface area contributed by atoms with Crippen molar-refractivity contribution in [2.24, 2.45) is 0 Å². The van der Waals surface area contributed by atoms with E-state index >= 15 is 0 Å². The van der Waals surface area contributed by atoms with Crippen LogP contribution < -0.4 is 9.46 Å². The molecule has 1 heterocycles. The second kappa shape index (κ2) is 5.34. The lowest BCUT2D eigenvalue weighted by Crippen LogP contribution is -2.14. The molecule has 1 aromatic carbocycles. The smallest absolute Gasteiger partial charge is 0.265 e. The molecule has 0 atom stereocenters. The number of anilines is 1. The third-order valence-electron chi connectivity index (χ3n) is 2.73. The number of aryl methyl sites for hydroxylation is 2. The summed E-state index contributed by atoms with van der Waals surface area (Å²) in [6.07, 6.45) is 0. The molecule has 2 rings (SSSR count). The molecule has 6 nitrogen and oxygen atoms in total. The monoisotopic (exact) mass is 315 g/mol. The molecule has 8 heteroatoms. The fourth-order valence-corrected chi connectivity index (χ4v) is 3.48. The van der Waals surface area contributed by atoms with Crippen LogP contribution in [0.4, 0.5) is 5.69 Å². The molecule has 0 aliphatic carbocycles. The van der Waals surface area contributed by atoms with Crippen molar-refractivity contribution in [1.29, 1.82) is 0 Å². The largest absolute Gasteiger partial charge is 0.495 e. The number of nitrogens with zero attached hydrogens (tertiary/aromatic N) is 1. The summed E-state index contributed by atoms with van der Waals surface area (Å²) >= 11 is 5.90. The minimum Gasteiger partial charge on any atom is -0.495 e. The molecule has 0 bridgehead atoms. The lowest BCUT2D eigenvalue weighted by Gasteiger charge is -2.10. The number of aromatic amines is 1. The number of benzene rings is 1. The highest BCUT2D eigenvalue weighted by Crippen LogP contribution is 2.29. The van der Waals surface area contributed by atoms with E-state index in [9.17, 15) is 8.42 Å². The van der Waals surface area contributed by atoms with Crippen molar-refractivity contribution in [2.45, 2.75) is 18.7 Å². The zero-order valence-corrected chi connectivity index (χ0v) is 12.8. The molecule has 0 unspecified atom stereocenters. The van der Waals surface area contributed by atoms with Gasteiger partial charge in [-0.1, -0.05) is 11.6 Å². The Hall–Kier alpha value is -1.73. The van der Waals surface area contributed by atoms with Gasteiger partial charge in [-0.15, -0.1) is 0 Å². The number of ether oxygens (including phenoxy) is 1. The summed E-state index contributed by atoms with van der Waals surface area (Å²) in [7, 11) is -2.25. The van der Waals surface area contributed by atoms with Crippen LogP contribution in [0, 0.1) is 13.8 Å². The summed E-state index contributed by atoms with van der Waals surface area (Å²) < 4.78 is 32.2. The molecule has 108 valence electrons. The van der Waals surface area contributed by atoms with Gasteiger partial charge in [0.2, 0.25) is 0 Å². The van der Waals surface area contributed by atoms with Gasteiger partial charge in [0, 0.05) is 6.07 Å². The number of nitrogens with one attached hydrogen (secondary N) is 2. The topological polar surface area (TPSA) is 84.1 Å². The predicted molar refractivity (Wildman–Crippen MR) is 76.9 cm³/mol. The van der Waals surface area contributed by atoms with E-state index in [0.29, 0.717) is 27.8 Å². The summed E-state index contributed by atoms with van der Waals surface area (Å²) in [5, 5.41) is 6.94. The van der Waals surface area contributed by atoms with E-state index in [1.807, 2.05) is 0 Å². The van der Waals surface area contributed by atoms with Crippen molar-refractivity contribution < 1.29 is 13.2 Å². The van der Waals surface area contributed by atoms with E-state index in [1.165, 1.54) is 13.2 Å². The molecule has 0 aliphatic rings. The Kier molecular flexibility index (Phi) is 3.92. The van der Waals surface area contributed by atoms with Crippen LogP contribution in [0.3, 0.4) is 0 Å². The van der Waals surface area contributed by atoms with Gasteiger partial charge in [0.1, 0.15) is 10.6 Å². The molecular weight excluding hydrogens is 302 g/mol. The summed E-state index contributed by atoms with van der Waals surface area (Å²) in [6, 6.07) is 4.64. The van der Waals surface area contributed by atoms with Gasteiger partial charge >= 0.3 is 0 Å². The van der Waals surface area contributed by atoms with Crippen LogP contribution in [0.25, 0.3) is 0 Å². The van der Waals surface area contributed by atoms with Crippen LogP contribution >= 0.6 is 11.6 Å². The van der Waals surface area contributed by atoms with E-state index < -0.39 is 10.0 Å². The van der Waals surface area contributed by atoms with Gasteiger partial charge in [-0.05, 0) is 26.0 Å². The Balaban J connectivity index is 2.39. The summed E-state index contributed by atoms with van der Waals surface area (Å²) in [6.45, 7) is 3.28. The van der Waals surface area contributed by atoms with Gasteiger partial charge in [0.25, 0.3) is 10.0 Å². The fourth-order valence-electron chi connectivity index (χ4n) is 1.87. The van der Waals surface area contributed by atoms with Gasteiger partial charge < -0.3 is 4.74 Å². The number of methoxy groups -OCH3 is 1. The van der Waals surface area contributed by atoms with E-state index in [2.05, 4.69) is 14.9 Å². The molecule has 0 saturated carbocycles. The van der Waals surface area contributed by atoms with Crippen molar-refractivity contribution in [3.05, 3.63) is 34.6 Å². The van der Waals surface area contributed by atoms with Crippen LogP contribution in [0.15, 0.2) is 23.1 Å². The number of aromatic nitrogens is 2. The van der Waals surface area contributed by atoms with Crippen LogP contribution in [0.2, 0.25) is 5.02 Å². The van der Waals surface area contributed by atoms with Gasteiger partial charge in [-0.25, -0.2) is 8.42 Å². The maximum atomic E-state index is 12.3. The molecule has 0 radical (unpaired) electrons. The number of rotatable bonds is 4.